The molecule has 30 heavy (non-hydrogen) atoms. The molecule has 0 saturated carbocycles. The number of pyridine rings is 1. The van der Waals surface area contributed by atoms with Crippen LogP contribution in [0, 0.1) is 0 Å². The molecule has 0 aliphatic heterocycles. The number of aryl methyl sites for hydroxylation is 2. The van der Waals surface area contributed by atoms with Crippen molar-refractivity contribution >= 4 is 17.2 Å². The summed E-state index contributed by atoms with van der Waals surface area (Å²) in [7, 11) is 0. The van der Waals surface area contributed by atoms with Crippen LogP contribution >= 0.6 is 11.6 Å². The quantitative estimate of drug-likeness (QED) is 0.447. The van der Waals surface area contributed by atoms with E-state index in [1.807, 2.05) is 12.1 Å². The number of benzene rings is 2. The molecule has 0 unspecified atom stereocenters. The SMILES string of the molecule is O=c1n(CCc2ccc(Cl)cc2)nc2ccc(-c3ccc(OC(F)(F)F)cc3)cn12. The Hall–Kier alpha value is -3.26. The minimum Gasteiger partial charge on any atom is -0.406 e. The van der Waals surface area contributed by atoms with Gasteiger partial charge in [0.1, 0.15) is 5.75 Å². The monoisotopic (exact) mass is 433 g/mol. The van der Waals surface area contributed by atoms with Crippen LogP contribution in [0.2, 0.25) is 5.02 Å². The molecule has 2 aromatic carbocycles. The fourth-order valence-corrected chi connectivity index (χ4v) is 3.20. The van der Waals surface area contributed by atoms with Crippen LogP contribution in [-0.2, 0) is 13.0 Å². The first-order valence-corrected chi connectivity index (χ1v) is 9.36. The van der Waals surface area contributed by atoms with Gasteiger partial charge in [0.25, 0.3) is 0 Å². The van der Waals surface area contributed by atoms with Gasteiger partial charge in [-0.25, -0.2) is 13.9 Å². The van der Waals surface area contributed by atoms with Crippen molar-refractivity contribution in [1.82, 2.24) is 14.2 Å². The highest BCUT2D eigenvalue weighted by Gasteiger charge is 2.30. The summed E-state index contributed by atoms with van der Waals surface area (Å²) < 4.78 is 43.6. The number of fused-ring (bicyclic) bond motifs is 1. The second-order valence-electron chi connectivity index (χ2n) is 6.60. The van der Waals surface area contributed by atoms with Gasteiger partial charge < -0.3 is 4.74 Å². The van der Waals surface area contributed by atoms with Gasteiger partial charge in [-0.15, -0.1) is 18.3 Å². The fourth-order valence-electron chi connectivity index (χ4n) is 3.07. The van der Waals surface area contributed by atoms with E-state index >= 15 is 0 Å². The van der Waals surface area contributed by atoms with Gasteiger partial charge in [-0.2, -0.15) is 0 Å². The van der Waals surface area contributed by atoms with Gasteiger partial charge in [-0.3, -0.25) is 0 Å². The fraction of sp³-hybridized carbons (Fsp3) is 0.143. The van der Waals surface area contributed by atoms with Crippen LogP contribution in [0.1, 0.15) is 5.56 Å². The van der Waals surface area contributed by atoms with E-state index in [0.29, 0.717) is 34.8 Å². The number of rotatable bonds is 5. The van der Waals surface area contributed by atoms with Crippen molar-refractivity contribution in [2.45, 2.75) is 19.3 Å². The summed E-state index contributed by atoms with van der Waals surface area (Å²) in [6, 6.07) is 16.3. The Balaban J connectivity index is 1.56. The van der Waals surface area contributed by atoms with Crippen LogP contribution in [-0.4, -0.2) is 20.5 Å². The van der Waals surface area contributed by atoms with E-state index in [0.717, 1.165) is 5.56 Å². The van der Waals surface area contributed by atoms with Crippen molar-refractivity contribution in [3.05, 3.63) is 87.9 Å². The average molecular weight is 434 g/mol. The first kappa shape index (κ1) is 20.0. The molecular formula is C21H15ClF3N3O2. The summed E-state index contributed by atoms with van der Waals surface area (Å²) in [5, 5.41) is 4.98. The van der Waals surface area contributed by atoms with E-state index in [-0.39, 0.29) is 11.4 Å². The molecule has 9 heteroatoms. The maximum absolute atomic E-state index is 12.7. The van der Waals surface area contributed by atoms with Crippen LogP contribution in [0.5, 0.6) is 5.75 Å². The molecule has 0 aliphatic rings. The molecule has 0 saturated heterocycles. The van der Waals surface area contributed by atoms with E-state index in [1.54, 1.807) is 30.5 Å². The van der Waals surface area contributed by atoms with Gasteiger partial charge in [0, 0.05) is 11.2 Å². The van der Waals surface area contributed by atoms with Crippen molar-refractivity contribution in [3.8, 4) is 16.9 Å². The molecule has 0 aliphatic carbocycles. The van der Waals surface area contributed by atoms with Crippen LogP contribution in [0.3, 0.4) is 0 Å². The Kier molecular flexibility index (Phi) is 5.26. The first-order chi connectivity index (χ1) is 14.3. The molecule has 2 aromatic heterocycles. The Morgan fingerprint density at radius 2 is 1.60 bits per heavy atom. The molecule has 5 nitrogen and oxygen atoms in total. The van der Waals surface area contributed by atoms with Crippen LogP contribution in [0.25, 0.3) is 16.8 Å². The average Bonchev–Trinajstić information content (AvgIpc) is 3.02. The van der Waals surface area contributed by atoms with Crippen molar-refractivity contribution in [2.24, 2.45) is 0 Å². The van der Waals surface area contributed by atoms with E-state index in [4.69, 9.17) is 11.6 Å². The van der Waals surface area contributed by atoms with E-state index in [1.165, 1.54) is 33.3 Å². The number of hydrogen-bond acceptors (Lipinski definition) is 3. The number of alkyl halides is 3. The van der Waals surface area contributed by atoms with E-state index in [9.17, 15) is 18.0 Å². The molecule has 0 fully saturated rings. The number of nitrogens with zero attached hydrogens (tertiary/aromatic N) is 3. The highest BCUT2D eigenvalue weighted by atomic mass is 35.5. The minimum absolute atomic E-state index is 0.294. The van der Waals surface area contributed by atoms with E-state index in [2.05, 4.69) is 9.84 Å². The minimum atomic E-state index is -4.74. The molecule has 0 bridgehead atoms. The predicted molar refractivity (Wildman–Crippen MR) is 107 cm³/mol. The van der Waals surface area contributed by atoms with Gasteiger partial charge in [-0.05, 0) is 59.5 Å². The molecule has 0 N–H and O–H groups in total. The molecule has 0 amide bonds. The molecular weight excluding hydrogens is 419 g/mol. The Labute approximate surface area is 173 Å². The van der Waals surface area contributed by atoms with Gasteiger partial charge in [0.2, 0.25) is 0 Å². The lowest BCUT2D eigenvalue weighted by molar-refractivity contribution is -0.274. The van der Waals surface area contributed by atoms with Crippen molar-refractivity contribution < 1.29 is 17.9 Å². The zero-order valence-electron chi connectivity index (χ0n) is 15.4. The molecule has 154 valence electrons. The third-order valence-corrected chi connectivity index (χ3v) is 4.78. The molecule has 4 rings (SSSR count). The Bertz CT molecular complexity index is 1230. The number of hydrogen-bond donors (Lipinski definition) is 0. The highest BCUT2D eigenvalue weighted by Crippen LogP contribution is 2.26. The summed E-state index contributed by atoms with van der Waals surface area (Å²) in [6.45, 7) is 0.404. The summed E-state index contributed by atoms with van der Waals surface area (Å²) >= 11 is 5.88. The van der Waals surface area contributed by atoms with Crippen molar-refractivity contribution in [2.75, 3.05) is 0 Å². The summed E-state index contributed by atoms with van der Waals surface area (Å²) in [6.07, 6.45) is -2.51. The lowest BCUT2D eigenvalue weighted by Gasteiger charge is -2.09. The maximum Gasteiger partial charge on any atom is 0.573 e. The summed E-state index contributed by atoms with van der Waals surface area (Å²) in [5.74, 6) is -0.306. The largest absolute Gasteiger partial charge is 0.573 e. The lowest BCUT2D eigenvalue weighted by atomic mass is 10.1. The van der Waals surface area contributed by atoms with Crippen LogP contribution in [0.15, 0.2) is 71.7 Å². The zero-order chi connectivity index (χ0) is 21.3. The molecule has 4 aromatic rings. The summed E-state index contributed by atoms with van der Waals surface area (Å²) in [4.78, 5) is 12.7. The standard InChI is InChI=1S/C21H15ClF3N3O2/c22-17-6-1-14(2-7-17)11-12-28-20(29)27-13-16(5-10-19(27)26-28)15-3-8-18(9-4-15)30-21(23,24)25/h1-10,13H,11-12H2. The van der Waals surface area contributed by atoms with Gasteiger partial charge in [0.15, 0.2) is 5.65 Å². The first-order valence-electron chi connectivity index (χ1n) is 8.98. The van der Waals surface area contributed by atoms with Crippen LogP contribution < -0.4 is 10.4 Å². The Morgan fingerprint density at radius 3 is 2.27 bits per heavy atom. The van der Waals surface area contributed by atoms with Crippen molar-refractivity contribution in [3.63, 3.8) is 0 Å². The third-order valence-electron chi connectivity index (χ3n) is 4.52. The predicted octanol–water partition coefficient (Wildman–Crippen LogP) is 4.96. The molecule has 0 atom stereocenters. The normalized spacial score (nSPS) is 11.7. The van der Waals surface area contributed by atoms with Gasteiger partial charge >= 0.3 is 12.1 Å². The second kappa shape index (κ2) is 7.87. The van der Waals surface area contributed by atoms with Gasteiger partial charge in [0.05, 0.1) is 6.54 Å². The number of halogens is 4. The smallest absolute Gasteiger partial charge is 0.406 e. The van der Waals surface area contributed by atoms with Crippen LogP contribution in [0.4, 0.5) is 13.2 Å². The molecule has 0 spiro atoms. The summed E-state index contributed by atoms with van der Waals surface area (Å²) in [5.41, 5.74) is 2.53. The number of aromatic nitrogens is 3. The van der Waals surface area contributed by atoms with Crippen molar-refractivity contribution in [1.29, 1.82) is 0 Å². The molecule has 2 heterocycles. The van der Waals surface area contributed by atoms with E-state index < -0.39 is 6.36 Å². The number of ether oxygens (including phenoxy) is 1. The molecule has 0 radical (unpaired) electrons. The topological polar surface area (TPSA) is 48.5 Å². The maximum atomic E-state index is 12.7. The Morgan fingerprint density at radius 1 is 0.933 bits per heavy atom. The second-order valence-corrected chi connectivity index (χ2v) is 7.04. The third kappa shape index (κ3) is 4.49. The lowest BCUT2D eigenvalue weighted by Crippen LogP contribution is -2.22. The van der Waals surface area contributed by atoms with Gasteiger partial charge in [-0.1, -0.05) is 35.9 Å². The zero-order valence-corrected chi connectivity index (χ0v) is 16.2. The highest BCUT2D eigenvalue weighted by molar-refractivity contribution is 6.30.